The summed E-state index contributed by atoms with van der Waals surface area (Å²) in [5, 5.41) is 7.22. The molecule has 16 nitrogen and oxygen atoms in total. The van der Waals surface area contributed by atoms with Gasteiger partial charge in [-0.1, -0.05) is 38.5 Å². The van der Waals surface area contributed by atoms with Crippen molar-refractivity contribution >= 4 is 47.0 Å². The van der Waals surface area contributed by atoms with Crippen LogP contribution in [0.25, 0.3) is 22.5 Å². The maximum absolute atomic E-state index is 12.7. The van der Waals surface area contributed by atoms with Crippen LogP contribution in [0.1, 0.15) is 139 Å². The van der Waals surface area contributed by atoms with Crippen LogP contribution in [-0.4, -0.2) is 129 Å². The largest absolute Gasteiger partial charge is 0.444 e. The van der Waals surface area contributed by atoms with Gasteiger partial charge in [0, 0.05) is 118 Å². The Bertz CT molecular complexity index is 2610. The van der Waals surface area contributed by atoms with Crippen LogP contribution < -0.4 is 20.4 Å². The summed E-state index contributed by atoms with van der Waals surface area (Å²) in [5.74, 6) is 3.82. The fraction of sp³-hybridized carbons (Fsp3) is 0.571. The average molecular weight is 983 g/mol. The van der Waals surface area contributed by atoms with E-state index in [0.717, 1.165) is 74.5 Å². The molecule has 0 spiro atoms. The van der Waals surface area contributed by atoms with E-state index in [0.29, 0.717) is 83.7 Å². The maximum Gasteiger partial charge on any atom is 0.410 e. The molecule has 4 aliphatic carbocycles. The fourth-order valence-electron chi connectivity index (χ4n) is 10.8. The van der Waals surface area contributed by atoms with Crippen molar-refractivity contribution in [1.29, 1.82) is 0 Å². The van der Waals surface area contributed by atoms with Crippen molar-refractivity contribution in [2.24, 2.45) is 0 Å². The molecule has 2 amide bonds. The molecule has 0 unspecified atom stereocenters. The molecule has 2 saturated carbocycles. The highest BCUT2D eigenvalue weighted by Gasteiger charge is 2.33. The van der Waals surface area contributed by atoms with Crippen LogP contribution in [0.5, 0.6) is 0 Å². The third-order valence-electron chi connectivity index (χ3n) is 14.5. The second-order valence-corrected chi connectivity index (χ2v) is 22.4. The standard InChI is InChI=1S/2C28H37N5O3/c1-28(2,3)36-27(35)33-13-11-32(12-14-33)26-23-18-22(34)15-20(23)16-24(31-26)19-9-10-29-25(17-19)30-21-7-5-4-6-8-21;1-28(2,3)36-27(35)33-15-13-32(14-16-33)25-18-22-21(9-10-23(22)34)26(31-25)19-11-12-29-24(17-19)30-20-7-5-4-6-8-20/h9-10,16-17,21H,4-8,11-15,18H2,1-3H3,(H,29,30);11-12,17-18,20H,4-10,13-16H2,1-3H3,(H,29,30). The van der Waals surface area contributed by atoms with Gasteiger partial charge in [0.05, 0.1) is 11.4 Å². The van der Waals surface area contributed by atoms with Crippen LogP contribution in [0.4, 0.5) is 32.9 Å². The minimum atomic E-state index is -0.514. The third kappa shape index (κ3) is 12.6. The maximum atomic E-state index is 12.7. The smallest absolute Gasteiger partial charge is 0.410 e. The van der Waals surface area contributed by atoms with Crippen molar-refractivity contribution in [1.82, 2.24) is 29.7 Å². The molecule has 72 heavy (non-hydrogen) atoms. The van der Waals surface area contributed by atoms with Gasteiger partial charge in [0.15, 0.2) is 5.78 Å². The molecule has 0 radical (unpaired) electrons. The Labute approximate surface area is 425 Å². The number of carbonyl (C=O) groups is 4. The second-order valence-electron chi connectivity index (χ2n) is 22.4. The molecule has 2 N–H and O–H groups in total. The summed E-state index contributed by atoms with van der Waals surface area (Å²) in [4.78, 5) is 77.3. The first kappa shape index (κ1) is 50.6. The van der Waals surface area contributed by atoms with Crippen LogP contribution in [0.3, 0.4) is 0 Å². The number of ether oxygens (including phenoxy) is 2. The minimum absolute atomic E-state index is 0.178. The molecule has 4 fully saturated rings. The highest BCUT2D eigenvalue weighted by Crippen LogP contribution is 2.37. The van der Waals surface area contributed by atoms with E-state index in [1.54, 1.807) is 9.80 Å². The Morgan fingerprint density at radius 2 is 1.12 bits per heavy atom. The van der Waals surface area contributed by atoms with Gasteiger partial charge in [-0.2, -0.15) is 0 Å². The number of anilines is 4. The van der Waals surface area contributed by atoms with Gasteiger partial charge in [-0.25, -0.2) is 29.5 Å². The Morgan fingerprint density at radius 3 is 1.68 bits per heavy atom. The van der Waals surface area contributed by atoms with Crippen molar-refractivity contribution in [2.75, 3.05) is 72.8 Å². The molecule has 16 heteroatoms. The molecule has 2 saturated heterocycles. The van der Waals surface area contributed by atoms with Crippen LogP contribution in [-0.2, 0) is 33.5 Å². The summed E-state index contributed by atoms with van der Waals surface area (Å²) in [7, 11) is 0. The van der Waals surface area contributed by atoms with Crippen molar-refractivity contribution in [3.63, 3.8) is 0 Å². The lowest BCUT2D eigenvalue weighted by atomic mass is 9.95. The van der Waals surface area contributed by atoms with Crippen LogP contribution in [0.2, 0.25) is 0 Å². The molecular weight excluding hydrogens is 909 g/mol. The number of Topliss-reactive ketones (excluding diaryl/α,β-unsaturated/α-hetero) is 2. The van der Waals surface area contributed by atoms with Crippen LogP contribution >= 0.6 is 0 Å². The third-order valence-corrected chi connectivity index (χ3v) is 14.5. The van der Waals surface area contributed by atoms with Crippen LogP contribution in [0, 0.1) is 0 Å². The highest BCUT2D eigenvalue weighted by molar-refractivity contribution is 6.03. The van der Waals surface area contributed by atoms with Gasteiger partial charge in [0.2, 0.25) is 0 Å². The lowest BCUT2D eigenvalue weighted by Crippen LogP contribution is -2.50. The summed E-state index contributed by atoms with van der Waals surface area (Å²) in [5.41, 5.74) is 6.61. The summed E-state index contributed by atoms with van der Waals surface area (Å²) >= 11 is 0. The van der Waals surface area contributed by atoms with E-state index in [4.69, 9.17) is 19.4 Å². The number of piperazine rings is 2. The van der Waals surface area contributed by atoms with Gasteiger partial charge in [0.1, 0.15) is 40.3 Å². The van der Waals surface area contributed by atoms with Gasteiger partial charge < -0.3 is 39.7 Å². The van der Waals surface area contributed by atoms with Crippen LogP contribution in [0.15, 0.2) is 48.8 Å². The molecule has 4 aromatic rings. The Kier molecular flexibility index (Phi) is 15.3. The molecule has 2 aliphatic heterocycles. The molecule has 384 valence electrons. The van der Waals surface area contributed by atoms with Gasteiger partial charge in [-0.05, 0) is 121 Å². The molecule has 6 aliphatic rings. The predicted octanol–water partition coefficient (Wildman–Crippen LogP) is 9.69. The van der Waals surface area contributed by atoms with Gasteiger partial charge >= 0.3 is 12.2 Å². The lowest BCUT2D eigenvalue weighted by molar-refractivity contribution is -0.117. The normalized spacial score (nSPS) is 18.8. The van der Waals surface area contributed by atoms with E-state index in [2.05, 4.69) is 48.6 Å². The highest BCUT2D eigenvalue weighted by atomic mass is 16.6. The first-order chi connectivity index (χ1) is 34.5. The minimum Gasteiger partial charge on any atom is -0.444 e. The Hall–Kier alpha value is -6.32. The number of nitrogens with zero attached hydrogens (tertiary/aromatic N) is 8. The van der Waals surface area contributed by atoms with E-state index in [9.17, 15) is 19.2 Å². The molecule has 0 aromatic carbocycles. The van der Waals surface area contributed by atoms with Gasteiger partial charge in [-0.15, -0.1) is 0 Å². The predicted molar refractivity (Wildman–Crippen MR) is 281 cm³/mol. The van der Waals surface area contributed by atoms with Crippen molar-refractivity contribution in [2.45, 2.75) is 155 Å². The monoisotopic (exact) mass is 983 g/mol. The number of nitrogens with one attached hydrogen (secondary N) is 2. The molecule has 0 atom stereocenters. The molecular formula is C56H74N10O6. The topological polar surface area (TPSA) is 175 Å². The first-order valence-corrected chi connectivity index (χ1v) is 26.6. The zero-order chi connectivity index (χ0) is 50.6. The van der Waals surface area contributed by atoms with E-state index >= 15 is 0 Å². The molecule has 10 rings (SSSR count). The Balaban J connectivity index is 0.000000178. The number of amides is 2. The molecule has 4 aromatic heterocycles. The number of fused-ring (bicyclic) bond motifs is 2. The number of pyridine rings is 4. The van der Waals surface area contributed by atoms with E-state index in [-0.39, 0.29) is 23.8 Å². The number of hydrogen-bond donors (Lipinski definition) is 2. The van der Waals surface area contributed by atoms with Crippen molar-refractivity contribution in [3.8, 4) is 22.5 Å². The Morgan fingerprint density at radius 1 is 0.597 bits per heavy atom. The quantitative estimate of drug-likeness (QED) is 0.171. The summed E-state index contributed by atoms with van der Waals surface area (Å²) in [6.07, 6.45) is 17.6. The van der Waals surface area contributed by atoms with Crippen molar-refractivity contribution in [3.05, 3.63) is 71.0 Å². The van der Waals surface area contributed by atoms with E-state index in [1.807, 2.05) is 72.1 Å². The number of hydrogen-bond acceptors (Lipinski definition) is 14. The number of carbonyl (C=O) groups excluding carboxylic acids is 4. The number of rotatable bonds is 8. The second kappa shape index (κ2) is 21.8. The average Bonchev–Trinajstić information content (AvgIpc) is 3.94. The lowest BCUT2D eigenvalue weighted by Gasteiger charge is -2.37. The number of aromatic nitrogens is 4. The van der Waals surface area contributed by atoms with Gasteiger partial charge in [-0.3, -0.25) is 9.59 Å². The van der Waals surface area contributed by atoms with Crippen molar-refractivity contribution < 1.29 is 28.7 Å². The zero-order valence-electron chi connectivity index (χ0n) is 43.4. The SMILES string of the molecule is CC(C)(C)OC(=O)N1CCN(c2cc3c(c(-c4ccnc(NC5CCCCC5)c4)n2)CCC3=O)CC1.CC(C)(C)OC(=O)N1CCN(c2nc(-c3ccnc(NC4CCCCC4)c3)cc3c2CC(=O)C3)CC1. The summed E-state index contributed by atoms with van der Waals surface area (Å²) in [6, 6.07) is 13.1. The zero-order valence-corrected chi connectivity index (χ0v) is 43.4. The summed E-state index contributed by atoms with van der Waals surface area (Å²) in [6.45, 7) is 16.1. The van der Waals surface area contributed by atoms with E-state index in [1.165, 1.54) is 64.2 Å². The first-order valence-electron chi connectivity index (χ1n) is 26.6. The fourth-order valence-corrected chi connectivity index (χ4v) is 10.8. The molecule has 0 bridgehead atoms. The summed E-state index contributed by atoms with van der Waals surface area (Å²) < 4.78 is 11.1. The number of ketones is 2. The van der Waals surface area contributed by atoms with Gasteiger partial charge in [0.25, 0.3) is 0 Å². The molecule has 6 heterocycles. The van der Waals surface area contributed by atoms with E-state index < -0.39 is 11.2 Å².